The third kappa shape index (κ3) is 3.95. The highest BCUT2D eigenvalue weighted by atomic mass is 15.1. The van der Waals surface area contributed by atoms with Crippen LogP contribution in [0.5, 0.6) is 0 Å². The standard InChI is InChI=1S/C18H26N6/c1-24(17-6-2-4-13-5-3-7-21-18(13)17)12-16-11-22-15(10-23-16)8-14(20)9-19/h3,5,7,10-11,14,17H,2,4,6,8-9,12,19-20H2,1H3. The van der Waals surface area contributed by atoms with Crippen LogP contribution in [0.25, 0.3) is 0 Å². The van der Waals surface area contributed by atoms with Crippen LogP contribution in [-0.2, 0) is 19.4 Å². The number of rotatable bonds is 6. The molecule has 128 valence electrons. The molecular formula is C18H26N6. The third-order valence-electron chi connectivity index (χ3n) is 4.64. The third-order valence-corrected chi connectivity index (χ3v) is 4.64. The molecule has 0 spiro atoms. The molecule has 0 bridgehead atoms. The smallest absolute Gasteiger partial charge is 0.0727 e. The van der Waals surface area contributed by atoms with E-state index in [1.54, 1.807) is 0 Å². The van der Waals surface area contributed by atoms with Crippen molar-refractivity contribution in [3.63, 3.8) is 0 Å². The van der Waals surface area contributed by atoms with Gasteiger partial charge in [-0.25, -0.2) is 0 Å². The zero-order valence-corrected chi connectivity index (χ0v) is 14.2. The van der Waals surface area contributed by atoms with Crippen LogP contribution in [0.4, 0.5) is 0 Å². The number of aromatic nitrogens is 3. The van der Waals surface area contributed by atoms with Gasteiger partial charge < -0.3 is 11.5 Å². The lowest BCUT2D eigenvalue weighted by Gasteiger charge is -2.31. The van der Waals surface area contributed by atoms with E-state index >= 15 is 0 Å². The van der Waals surface area contributed by atoms with Crippen LogP contribution in [0, 0.1) is 0 Å². The first-order valence-electron chi connectivity index (χ1n) is 8.57. The number of aryl methyl sites for hydroxylation is 1. The SMILES string of the molecule is CN(Cc1cnc(CC(N)CN)cn1)C1CCCc2cccnc21. The van der Waals surface area contributed by atoms with E-state index in [1.807, 2.05) is 24.7 Å². The van der Waals surface area contributed by atoms with Gasteiger partial charge in [0.05, 0.1) is 29.3 Å². The minimum atomic E-state index is -0.0577. The highest BCUT2D eigenvalue weighted by Crippen LogP contribution is 2.32. The van der Waals surface area contributed by atoms with Crippen molar-refractivity contribution in [2.45, 2.75) is 44.3 Å². The summed E-state index contributed by atoms with van der Waals surface area (Å²) in [6, 6.07) is 4.51. The number of fused-ring (bicyclic) bond motifs is 1. The Morgan fingerprint density at radius 3 is 2.79 bits per heavy atom. The van der Waals surface area contributed by atoms with Crippen LogP contribution < -0.4 is 11.5 Å². The Balaban J connectivity index is 1.66. The molecule has 0 radical (unpaired) electrons. The van der Waals surface area contributed by atoms with Crippen LogP contribution >= 0.6 is 0 Å². The molecule has 2 atom stereocenters. The number of nitrogens with two attached hydrogens (primary N) is 2. The summed E-state index contributed by atoms with van der Waals surface area (Å²) in [6.45, 7) is 1.22. The monoisotopic (exact) mass is 326 g/mol. The number of nitrogens with zero attached hydrogens (tertiary/aromatic N) is 4. The van der Waals surface area contributed by atoms with E-state index in [1.165, 1.54) is 17.7 Å². The van der Waals surface area contributed by atoms with Crippen molar-refractivity contribution in [3.8, 4) is 0 Å². The van der Waals surface area contributed by atoms with Crippen molar-refractivity contribution >= 4 is 0 Å². The minimum absolute atomic E-state index is 0.0577. The van der Waals surface area contributed by atoms with Crippen LogP contribution in [-0.4, -0.2) is 39.5 Å². The van der Waals surface area contributed by atoms with Crippen LogP contribution in [0.2, 0.25) is 0 Å². The summed E-state index contributed by atoms with van der Waals surface area (Å²) in [5.41, 5.74) is 15.9. The van der Waals surface area contributed by atoms with E-state index in [2.05, 4.69) is 33.0 Å². The summed E-state index contributed by atoms with van der Waals surface area (Å²) in [5.74, 6) is 0. The molecule has 1 aliphatic rings. The van der Waals surface area contributed by atoms with Gasteiger partial charge in [-0.2, -0.15) is 0 Å². The summed E-state index contributed by atoms with van der Waals surface area (Å²) in [7, 11) is 2.13. The maximum absolute atomic E-state index is 5.86. The van der Waals surface area contributed by atoms with E-state index in [0.29, 0.717) is 19.0 Å². The molecule has 3 rings (SSSR count). The van der Waals surface area contributed by atoms with Crippen molar-refractivity contribution in [1.82, 2.24) is 19.9 Å². The fourth-order valence-electron chi connectivity index (χ4n) is 3.30. The van der Waals surface area contributed by atoms with Crippen molar-refractivity contribution in [3.05, 3.63) is 53.4 Å². The Morgan fingerprint density at radius 2 is 2.04 bits per heavy atom. The van der Waals surface area contributed by atoms with Gasteiger partial charge in [0.25, 0.3) is 0 Å². The zero-order valence-electron chi connectivity index (χ0n) is 14.2. The topological polar surface area (TPSA) is 94.0 Å². The average molecular weight is 326 g/mol. The quantitative estimate of drug-likeness (QED) is 0.829. The largest absolute Gasteiger partial charge is 0.329 e. The molecule has 0 saturated heterocycles. The summed E-state index contributed by atoms with van der Waals surface area (Å²) < 4.78 is 0. The van der Waals surface area contributed by atoms with Gasteiger partial charge in [0, 0.05) is 37.9 Å². The fourth-order valence-corrected chi connectivity index (χ4v) is 3.30. The molecule has 0 saturated carbocycles. The first kappa shape index (κ1) is 17.0. The Bertz CT molecular complexity index is 657. The Labute approximate surface area is 143 Å². The van der Waals surface area contributed by atoms with Crippen molar-refractivity contribution < 1.29 is 0 Å². The van der Waals surface area contributed by atoms with Crippen molar-refractivity contribution in [2.75, 3.05) is 13.6 Å². The molecule has 0 fully saturated rings. The molecule has 0 amide bonds. The van der Waals surface area contributed by atoms with Gasteiger partial charge in [0.15, 0.2) is 0 Å². The molecule has 2 heterocycles. The van der Waals surface area contributed by atoms with E-state index in [4.69, 9.17) is 11.5 Å². The van der Waals surface area contributed by atoms with Gasteiger partial charge in [-0.05, 0) is 37.9 Å². The maximum Gasteiger partial charge on any atom is 0.0727 e. The van der Waals surface area contributed by atoms with E-state index < -0.39 is 0 Å². The second kappa shape index (κ2) is 7.79. The summed E-state index contributed by atoms with van der Waals surface area (Å²) >= 11 is 0. The molecular weight excluding hydrogens is 300 g/mol. The minimum Gasteiger partial charge on any atom is -0.329 e. The van der Waals surface area contributed by atoms with Crippen molar-refractivity contribution in [2.24, 2.45) is 11.5 Å². The molecule has 0 aromatic carbocycles. The number of hydrogen-bond donors (Lipinski definition) is 2. The first-order valence-corrected chi connectivity index (χ1v) is 8.57. The van der Waals surface area contributed by atoms with Crippen LogP contribution in [0.15, 0.2) is 30.7 Å². The van der Waals surface area contributed by atoms with E-state index in [9.17, 15) is 0 Å². The van der Waals surface area contributed by atoms with Crippen molar-refractivity contribution in [1.29, 1.82) is 0 Å². The predicted molar refractivity (Wildman–Crippen MR) is 94.1 cm³/mol. The lowest BCUT2D eigenvalue weighted by atomic mass is 9.91. The molecule has 2 aromatic heterocycles. The molecule has 0 aliphatic heterocycles. The molecule has 24 heavy (non-hydrogen) atoms. The molecule has 2 aromatic rings. The molecule has 6 heteroatoms. The van der Waals surface area contributed by atoms with Crippen LogP contribution in [0.1, 0.15) is 41.5 Å². The highest BCUT2D eigenvalue weighted by molar-refractivity contribution is 5.25. The molecule has 2 unspecified atom stereocenters. The molecule has 6 nitrogen and oxygen atoms in total. The predicted octanol–water partition coefficient (Wildman–Crippen LogP) is 1.21. The van der Waals surface area contributed by atoms with Gasteiger partial charge in [0.1, 0.15) is 0 Å². The Kier molecular flexibility index (Phi) is 5.50. The first-order chi connectivity index (χ1) is 11.7. The van der Waals surface area contributed by atoms with Gasteiger partial charge in [-0.15, -0.1) is 0 Å². The number of hydrogen-bond acceptors (Lipinski definition) is 6. The average Bonchev–Trinajstić information content (AvgIpc) is 2.62. The normalized spacial score (nSPS) is 18.4. The highest BCUT2D eigenvalue weighted by Gasteiger charge is 2.25. The van der Waals surface area contributed by atoms with Gasteiger partial charge in [0.2, 0.25) is 0 Å². The maximum atomic E-state index is 5.86. The van der Waals surface area contributed by atoms with Crippen LogP contribution in [0.3, 0.4) is 0 Å². The summed E-state index contributed by atoms with van der Waals surface area (Å²) in [5, 5.41) is 0. The van der Waals surface area contributed by atoms with E-state index in [-0.39, 0.29) is 6.04 Å². The second-order valence-electron chi connectivity index (χ2n) is 6.57. The Hall–Kier alpha value is -1.89. The molecule has 1 aliphatic carbocycles. The summed E-state index contributed by atoms with van der Waals surface area (Å²) in [4.78, 5) is 15.9. The van der Waals surface area contributed by atoms with Gasteiger partial charge in [-0.1, -0.05) is 6.07 Å². The Morgan fingerprint density at radius 1 is 1.25 bits per heavy atom. The second-order valence-corrected chi connectivity index (χ2v) is 6.57. The fraction of sp³-hybridized carbons (Fsp3) is 0.500. The van der Waals surface area contributed by atoms with E-state index in [0.717, 1.165) is 30.8 Å². The molecule has 4 N–H and O–H groups in total. The van der Waals surface area contributed by atoms with Gasteiger partial charge in [-0.3, -0.25) is 19.9 Å². The summed E-state index contributed by atoms with van der Waals surface area (Å²) in [6.07, 6.45) is 9.68. The lowest BCUT2D eigenvalue weighted by molar-refractivity contribution is 0.206. The number of pyridine rings is 1. The zero-order chi connectivity index (χ0) is 16.9. The lowest BCUT2D eigenvalue weighted by Crippen LogP contribution is -2.32. The van der Waals surface area contributed by atoms with Gasteiger partial charge >= 0.3 is 0 Å².